The van der Waals surface area contributed by atoms with Crippen LogP contribution in [0, 0.1) is 0 Å². The Morgan fingerprint density at radius 1 is 1.35 bits per heavy atom. The first-order chi connectivity index (χ1) is 10.4. The quantitative estimate of drug-likeness (QED) is 0.798. The van der Waals surface area contributed by atoms with Gasteiger partial charge in [0, 0.05) is 24.7 Å². The number of likely N-dealkylation sites (N-methyl/N-ethyl adjacent to an activating group) is 1. The molecule has 1 aliphatic rings. The zero-order chi connectivity index (χ0) is 16.2. The van der Waals surface area contributed by atoms with E-state index >= 15 is 0 Å². The van der Waals surface area contributed by atoms with Crippen LogP contribution in [0.1, 0.15) is 12.8 Å². The van der Waals surface area contributed by atoms with Crippen molar-refractivity contribution in [2.45, 2.75) is 18.4 Å². The average molecular weight is 407 g/mol. The molecule has 8 heteroatoms. The Kier molecular flexibility index (Phi) is 7.47. The smallest absolute Gasteiger partial charge is 0.244 e. The number of halogens is 2. The molecule has 0 radical (unpaired) electrons. The Balaban J connectivity index is 0.00000264. The average Bonchev–Trinajstić information content (AvgIpc) is 2.49. The van der Waals surface area contributed by atoms with E-state index in [2.05, 4.69) is 21.2 Å². The number of rotatable bonds is 4. The van der Waals surface area contributed by atoms with E-state index in [0.29, 0.717) is 31.7 Å². The monoisotopic (exact) mass is 405 g/mol. The third-order valence-electron chi connectivity index (χ3n) is 3.69. The number of carbonyl (C=O) groups is 2. The number of anilines is 1. The first-order valence-electron chi connectivity index (χ1n) is 7.09. The maximum Gasteiger partial charge on any atom is 0.244 e. The topological polar surface area (TPSA) is 84.7 Å². The molecular weight excluding hydrogens is 386 g/mol. The SMILES string of the molecule is CN(CC(=O)Nc1ccccc1Br)C(=O)C1(N)CCOCC1.Cl. The normalized spacial score (nSPS) is 16.1. The Hall–Kier alpha value is -1.15. The van der Waals surface area contributed by atoms with Gasteiger partial charge in [0.05, 0.1) is 17.8 Å². The highest BCUT2D eigenvalue weighted by molar-refractivity contribution is 9.10. The minimum absolute atomic E-state index is 0. The van der Waals surface area contributed by atoms with Crippen molar-refractivity contribution in [3.05, 3.63) is 28.7 Å². The molecule has 1 aromatic carbocycles. The molecule has 1 saturated heterocycles. The second-order valence-corrected chi connectivity index (χ2v) is 6.31. The molecule has 2 rings (SSSR count). The lowest BCUT2D eigenvalue weighted by Gasteiger charge is -2.35. The molecule has 0 atom stereocenters. The molecule has 0 saturated carbocycles. The number of ether oxygens (including phenoxy) is 1. The highest BCUT2D eigenvalue weighted by atomic mass is 79.9. The van der Waals surface area contributed by atoms with Crippen LogP contribution in [0.2, 0.25) is 0 Å². The Morgan fingerprint density at radius 3 is 2.57 bits per heavy atom. The number of amides is 2. The van der Waals surface area contributed by atoms with E-state index < -0.39 is 5.54 Å². The molecule has 1 aliphatic heterocycles. The van der Waals surface area contributed by atoms with Crippen LogP contribution in [-0.2, 0) is 14.3 Å². The van der Waals surface area contributed by atoms with Crippen LogP contribution >= 0.6 is 28.3 Å². The highest BCUT2D eigenvalue weighted by Crippen LogP contribution is 2.22. The summed E-state index contributed by atoms with van der Waals surface area (Å²) in [6.45, 7) is 0.901. The Morgan fingerprint density at radius 2 is 1.96 bits per heavy atom. The van der Waals surface area contributed by atoms with Gasteiger partial charge in [-0.15, -0.1) is 12.4 Å². The molecule has 0 spiro atoms. The second kappa shape index (κ2) is 8.63. The zero-order valence-electron chi connectivity index (χ0n) is 12.9. The number of nitrogens with zero attached hydrogens (tertiary/aromatic N) is 1. The number of carbonyl (C=O) groups excluding carboxylic acids is 2. The van der Waals surface area contributed by atoms with E-state index in [9.17, 15) is 9.59 Å². The van der Waals surface area contributed by atoms with Gasteiger partial charge in [-0.05, 0) is 40.9 Å². The Labute approximate surface area is 150 Å². The van der Waals surface area contributed by atoms with E-state index in [1.807, 2.05) is 18.2 Å². The van der Waals surface area contributed by atoms with Crippen molar-refractivity contribution in [1.82, 2.24) is 4.90 Å². The minimum Gasteiger partial charge on any atom is -0.381 e. The van der Waals surface area contributed by atoms with E-state index in [-0.39, 0.29) is 30.8 Å². The molecule has 0 bridgehead atoms. The van der Waals surface area contributed by atoms with Crippen LogP contribution in [-0.4, -0.2) is 49.1 Å². The van der Waals surface area contributed by atoms with Crippen LogP contribution in [0.4, 0.5) is 5.69 Å². The second-order valence-electron chi connectivity index (χ2n) is 5.46. The van der Waals surface area contributed by atoms with Gasteiger partial charge in [-0.1, -0.05) is 12.1 Å². The van der Waals surface area contributed by atoms with Gasteiger partial charge < -0.3 is 20.7 Å². The lowest BCUT2D eigenvalue weighted by Crippen LogP contribution is -2.58. The van der Waals surface area contributed by atoms with Gasteiger partial charge in [0.2, 0.25) is 11.8 Å². The molecule has 0 unspecified atom stereocenters. The van der Waals surface area contributed by atoms with Gasteiger partial charge in [-0.2, -0.15) is 0 Å². The molecule has 1 heterocycles. The first kappa shape index (κ1) is 19.9. The fraction of sp³-hybridized carbons (Fsp3) is 0.467. The summed E-state index contributed by atoms with van der Waals surface area (Å²) in [7, 11) is 1.59. The zero-order valence-corrected chi connectivity index (χ0v) is 15.3. The molecule has 23 heavy (non-hydrogen) atoms. The van der Waals surface area contributed by atoms with Crippen molar-refractivity contribution in [1.29, 1.82) is 0 Å². The van der Waals surface area contributed by atoms with E-state index in [0.717, 1.165) is 4.47 Å². The summed E-state index contributed by atoms with van der Waals surface area (Å²) in [5.41, 5.74) is 5.88. The van der Waals surface area contributed by atoms with Gasteiger partial charge >= 0.3 is 0 Å². The van der Waals surface area contributed by atoms with Crippen molar-refractivity contribution in [3.8, 4) is 0 Å². The van der Waals surface area contributed by atoms with Gasteiger partial charge in [0.15, 0.2) is 0 Å². The van der Waals surface area contributed by atoms with Gasteiger partial charge in [-0.25, -0.2) is 0 Å². The van der Waals surface area contributed by atoms with Crippen molar-refractivity contribution in [3.63, 3.8) is 0 Å². The summed E-state index contributed by atoms with van der Waals surface area (Å²) in [5, 5.41) is 2.77. The third kappa shape index (κ3) is 5.17. The lowest BCUT2D eigenvalue weighted by molar-refractivity contribution is -0.141. The van der Waals surface area contributed by atoms with Crippen molar-refractivity contribution in [2.75, 3.05) is 32.1 Å². The van der Waals surface area contributed by atoms with Crippen molar-refractivity contribution < 1.29 is 14.3 Å². The molecule has 6 nitrogen and oxygen atoms in total. The fourth-order valence-electron chi connectivity index (χ4n) is 2.37. The summed E-state index contributed by atoms with van der Waals surface area (Å²) in [6, 6.07) is 7.30. The molecule has 1 fully saturated rings. The number of benzene rings is 1. The van der Waals surface area contributed by atoms with Gasteiger partial charge in [0.1, 0.15) is 0 Å². The fourth-order valence-corrected chi connectivity index (χ4v) is 2.75. The predicted octanol–water partition coefficient (Wildman–Crippen LogP) is 1.78. The molecule has 0 aromatic heterocycles. The minimum atomic E-state index is -0.930. The molecule has 3 N–H and O–H groups in total. The van der Waals surface area contributed by atoms with Crippen LogP contribution < -0.4 is 11.1 Å². The summed E-state index contributed by atoms with van der Waals surface area (Å²) >= 11 is 3.36. The van der Waals surface area contributed by atoms with E-state index in [1.165, 1.54) is 4.90 Å². The third-order valence-corrected chi connectivity index (χ3v) is 4.38. The molecule has 0 aliphatic carbocycles. The molecule has 1 aromatic rings. The molecular formula is C15H21BrClN3O3. The number of nitrogens with one attached hydrogen (secondary N) is 1. The number of hydrogen-bond acceptors (Lipinski definition) is 4. The maximum atomic E-state index is 12.4. The largest absolute Gasteiger partial charge is 0.381 e. The summed E-state index contributed by atoms with van der Waals surface area (Å²) < 4.78 is 6.02. The standard InChI is InChI=1S/C15H20BrN3O3.ClH/c1-19(14(21)15(17)6-8-22-9-7-15)10-13(20)18-12-5-3-2-4-11(12)16;/h2-5H,6-10,17H2,1H3,(H,18,20);1H. The van der Waals surface area contributed by atoms with E-state index in [4.69, 9.17) is 10.5 Å². The highest BCUT2D eigenvalue weighted by Gasteiger charge is 2.38. The predicted molar refractivity (Wildman–Crippen MR) is 94.6 cm³/mol. The number of nitrogens with two attached hydrogens (primary N) is 1. The van der Waals surface area contributed by atoms with Crippen molar-refractivity contribution >= 4 is 45.8 Å². The number of para-hydroxylation sites is 1. The maximum absolute atomic E-state index is 12.4. The van der Waals surface area contributed by atoms with Crippen LogP contribution in [0.5, 0.6) is 0 Å². The summed E-state index contributed by atoms with van der Waals surface area (Å²) in [6.07, 6.45) is 0.948. The van der Waals surface area contributed by atoms with Crippen LogP contribution in [0.15, 0.2) is 28.7 Å². The number of hydrogen-bond donors (Lipinski definition) is 2. The molecule has 128 valence electrons. The van der Waals surface area contributed by atoms with Gasteiger partial charge in [-0.3, -0.25) is 9.59 Å². The summed E-state index contributed by atoms with van der Waals surface area (Å²) in [5.74, 6) is -0.489. The van der Waals surface area contributed by atoms with E-state index in [1.54, 1.807) is 13.1 Å². The first-order valence-corrected chi connectivity index (χ1v) is 7.88. The Bertz CT molecular complexity index is 565. The van der Waals surface area contributed by atoms with Crippen molar-refractivity contribution in [2.24, 2.45) is 5.73 Å². The van der Waals surface area contributed by atoms with Crippen LogP contribution in [0.3, 0.4) is 0 Å². The summed E-state index contributed by atoms with van der Waals surface area (Å²) in [4.78, 5) is 25.9. The van der Waals surface area contributed by atoms with Crippen LogP contribution in [0.25, 0.3) is 0 Å². The molecule has 2 amide bonds. The van der Waals surface area contributed by atoms with Gasteiger partial charge in [0.25, 0.3) is 0 Å². The lowest BCUT2D eigenvalue weighted by atomic mass is 9.90.